The van der Waals surface area contributed by atoms with Crippen LogP contribution in [0.15, 0.2) is 30.3 Å². The molecule has 0 amide bonds. The van der Waals surface area contributed by atoms with E-state index in [1.807, 2.05) is 30.3 Å². The number of hydrogen-bond donors (Lipinski definition) is 0. The van der Waals surface area contributed by atoms with Gasteiger partial charge in [-0.1, -0.05) is 30.3 Å². The molecular weight excluding hydrogens is 312 g/mol. The first-order valence-corrected chi connectivity index (χ1v) is 8.49. The minimum absolute atomic E-state index is 0.112. The molecule has 6 nitrogen and oxygen atoms in total. The van der Waals surface area contributed by atoms with Gasteiger partial charge in [-0.3, -0.25) is 0 Å². The molecule has 136 valence electrons. The highest BCUT2D eigenvalue weighted by Crippen LogP contribution is 2.03. The van der Waals surface area contributed by atoms with Crippen molar-refractivity contribution in [1.82, 2.24) is 0 Å². The fraction of sp³-hybridized carbons (Fsp3) is 0.667. The van der Waals surface area contributed by atoms with E-state index in [0.29, 0.717) is 72.7 Å². The van der Waals surface area contributed by atoms with Crippen molar-refractivity contribution in [3.05, 3.63) is 35.9 Å². The van der Waals surface area contributed by atoms with Crippen LogP contribution < -0.4 is 0 Å². The monoisotopic (exact) mass is 340 g/mol. The van der Waals surface area contributed by atoms with Crippen LogP contribution in [-0.4, -0.2) is 72.2 Å². The largest absolute Gasteiger partial charge is 0.377 e. The van der Waals surface area contributed by atoms with Crippen molar-refractivity contribution in [2.75, 3.05) is 66.1 Å². The lowest BCUT2D eigenvalue weighted by Crippen LogP contribution is -2.28. The van der Waals surface area contributed by atoms with E-state index in [2.05, 4.69) is 0 Å². The van der Waals surface area contributed by atoms with Crippen LogP contribution in [0.25, 0.3) is 0 Å². The van der Waals surface area contributed by atoms with Gasteiger partial charge in [-0.05, 0) is 5.56 Å². The first kappa shape index (κ1) is 19.3. The molecule has 1 atom stereocenters. The molecule has 0 aromatic heterocycles. The molecule has 1 heterocycles. The van der Waals surface area contributed by atoms with Crippen LogP contribution in [0.3, 0.4) is 0 Å². The summed E-state index contributed by atoms with van der Waals surface area (Å²) in [7, 11) is 0. The van der Waals surface area contributed by atoms with E-state index in [4.69, 9.17) is 28.4 Å². The molecule has 1 aliphatic rings. The zero-order valence-electron chi connectivity index (χ0n) is 14.2. The summed E-state index contributed by atoms with van der Waals surface area (Å²) < 4.78 is 33.4. The Morgan fingerprint density at radius 3 is 2.00 bits per heavy atom. The molecule has 24 heavy (non-hydrogen) atoms. The van der Waals surface area contributed by atoms with Gasteiger partial charge in [0.1, 0.15) is 6.10 Å². The van der Waals surface area contributed by atoms with E-state index >= 15 is 0 Å². The van der Waals surface area contributed by atoms with Crippen molar-refractivity contribution < 1.29 is 28.4 Å². The van der Waals surface area contributed by atoms with Gasteiger partial charge in [-0.25, -0.2) is 0 Å². The Kier molecular flexibility index (Phi) is 10.7. The maximum atomic E-state index is 5.80. The number of rotatable bonds is 4. The van der Waals surface area contributed by atoms with E-state index in [-0.39, 0.29) is 6.10 Å². The van der Waals surface area contributed by atoms with Crippen LogP contribution >= 0.6 is 0 Å². The molecule has 1 saturated heterocycles. The Bertz CT molecular complexity index is 384. The van der Waals surface area contributed by atoms with E-state index in [1.54, 1.807) is 0 Å². The first-order chi connectivity index (χ1) is 11.9. The van der Waals surface area contributed by atoms with Crippen LogP contribution in [0, 0.1) is 0 Å². The van der Waals surface area contributed by atoms with Gasteiger partial charge in [0, 0.05) is 0 Å². The molecule has 1 aliphatic heterocycles. The fourth-order valence-corrected chi connectivity index (χ4v) is 2.18. The number of benzene rings is 1. The Labute approximate surface area is 143 Å². The van der Waals surface area contributed by atoms with Gasteiger partial charge >= 0.3 is 0 Å². The highest BCUT2D eigenvalue weighted by Gasteiger charge is 2.10. The van der Waals surface area contributed by atoms with E-state index in [1.165, 1.54) is 0 Å². The third-order valence-corrected chi connectivity index (χ3v) is 3.42. The van der Waals surface area contributed by atoms with Crippen LogP contribution in [-0.2, 0) is 35.0 Å². The molecule has 6 heteroatoms. The van der Waals surface area contributed by atoms with Crippen LogP contribution in [0.2, 0.25) is 0 Å². The summed E-state index contributed by atoms with van der Waals surface area (Å²) in [6, 6.07) is 10.1. The Hall–Kier alpha value is -1.02. The zero-order valence-corrected chi connectivity index (χ0v) is 14.2. The molecule has 0 N–H and O–H groups in total. The quantitative estimate of drug-likeness (QED) is 0.831. The van der Waals surface area contributed by atoms with Crippen molar-refractivity contribution in [3.8, 4) is 0 Å². The normalized spacial score (nSPS) is 22.4. The first-order valence-electron chi connectivity index (χ1n) is 8.49. The van der Waals surface area contributed by atoms with Crippen LogP contribution in [0.4, 0.5) is 0 Å². The van der Waals surface area contributed by atoms with Crippen LogP contribution in [0.5, 0.6) is 0 Å². The molecule has 0 spiro atoms. The predicted molar refractivity (Wildman–Crippen MR) is 89.1 cm³/mol. The van der Waals surface area contributed by atoms with Gasteiger partial charge in [0.25, 0.3) is 0 Å². The van der Waals surface area contributed by atoms with Gasteiger partial charge in [0.05, 0.1) is 72.7 Å². The summed E-state index contributed by atoms with van der Waals surface area (Å²) in [6.45, 7) is 5.96. The molecule has 0 radical (unpaired) electrons. The molecule has 1 aromatic rings. The van der Waals surface area contributed by atoms with Gasteiger partial charge in [-0.15, -0.1) is 0 Å². The second-order valence-corrected chi connectivity index (χ2v) is 5.41. The predicted octanol–water partition coefficient (Wildman–Crippen LogP) is 1.67. The highest BCUT2D eigenvalue weighted by atomic mass is 16.6. The second-order valence-electron chi connectivity index (χ2n) is 5.41. The molecular formula is C18H28O6. The molecule has 1 unspecified atom stereocenters. The molecule has 0 bridgehead atoms. The minimum atomic E-state index is -0.112. The molecule has 0 saturated carbocycles. The average Bonchev–Trinajstić information content (AvgIpc) is 2.62. The number of hydrogen-bond acceptors (Lipinski definition) is 6. The number of ether oxygens (including phenoxy) is 6. The second kappa shape index (κ2) is 13.3. The lowest BCUT2D eigenvalue weighted by atomic mass is 10.2. The smallest absolute Gasteiger partial charge is 0.104 e. The van der Waals surface area contributed by atoms with Crippen molar-refractivity contribution in [1.29, 1.82) is 0 Å². The summed E-state index contributed by atoms with van der Waals surface area (Å²) in [5.74, 6) is 0. The van der Waals surface area contributed by atoms with Crippen LogP contribution in [0.1, 0.15) is 5.56 Å². The van der Waals surface area contributed by atoms with Gasteiger partial charge in [0.2, 0.25) is 0 Å². The van der Waals surface area contributed by atoms with E-state index < -0.39 is 0 Å². The SMILES string of the molecule is c1ccc(COCC2COCCOCCOCCOCCO2)cc1. The summed E-state index contributed by atoms with van der Waals surface area (Å²) in [5, 5.41) is 0. The van der Waals surface area contributed by atoms with Crippen molar-refractivity contribution in [2.24, 2.45) is 0 Å². The van der Waals surface area contributed by atoms with E-state index in [9.17, 15) is 0 Å². The summed E-state index contributed by atoms with van der Waals surface area (Å²) in [6.07, 6.45) is -0.112. The van der Waals surface area contributed by atoms with Crippen molar-refractivity contribution >= 4 is 0 Å². The lowest BCUT2D eigenvalue weighted by molar-refractivity contribution is -0.0801. The molecule has 2 rings (SSSR count). The topological polar surface area (TPSA) is 55.4 Å². The molecule has 1 fully saturated rings. The fourth-order valence-electron chi connectivity index (χ4n) is 2.18. The third-order valence-electron chi connectivity index (χ3n) is 3.42. The minimum Gasteiger partial charge on any atom is -0.377 e. The maximum Gasteiger partial charge on any atom is 0.104 e. The molecule has 0 aliphatic carbocycles. The Morgan fingerprint density at radius 1 is 0.750 bits per heavy atom. The summed E-state index contributed by atoms with van der Waals surface area (Å²) >= 11 is 0. The van der Waals surface area contributed by atoms with Crippen molar-refractivity contribution in [2.45, 2.75) is 12.7 Å². The maximum absolute atomic E-state index is 5.80. The summed E-state index contributed by atoms with van der Waals surface area (Å²) in [5.41, 5.74) is 1.15. The third kappa shape index (κ3) is 9.32. The van der Waals surface area contributed by atoms with E-state index in [0.717, 1.165) is 5.56 Å². The lowest BCUT2D eigenvalue weighted by Gasteiger charge is -2.18. The van der Waals surface area contributed by atoms with Gasteiger partial charge < -0.3 is 28.4 Å². The highest BCUT2D eigenvalue weighted by molar-refractivity contribution is 5.13. The van der Waals surface area contributed by atoms with Crippen molar-refractivity contribution in [3.63, 3.8) is 0 Å². The van der Waals surface area contributed by atoms with Gasteiger partial charge in [0.15, 0.2) is 0 Å². The van der Waals surface area contributed by atoms with Gasteiger partial charge in [-0.2, -0.15) is 0 Å². The molecule has 1 aromatic carbocycles. The zero-order chi connectivity index (χ0) is 16.7. The average molecular weight is 340 g/mol. The standard InChI is InChI=1S/C18H28O6/c1-2-4-17(5-3-1)14-23-16-18-15-22-11-10-20-7-6-19-8-9-21-12-13-24-18/h1-5,18H,6-16H2. The Morgan fingerprint density at radius 2 is 1.33 bits per heavy atom. The Balaban J connectivity index is 1.68. The summed E-state index contributed by atoms with van der Waals surface area (Å²) in [4.78, 5) is 0.